The monoisotopic (exact) mass is 604 g/mol. The minimum atomic E-state index is -1.19. The summed E-state index contributed by atoms with van der Waals surface area (Å²) in [6.45, 7) is 1.19. The summed E-state index contributed by atoms with van der Waals surface area (Å²) in [4.78, 5) is 19.5. The van der Waals surface area contributed by atoms with Gasteiger partial charge in [-0.05, 0) is 54.7 Å². The summed E-state index contributed by atoms with van der Waals surface area (Å²) in [7, 11) is 0. The molecule has 3 aromatic rings. The van der Waals surface area contributed by atoms with Gasteiger partial charge in [-0.25, -0.2) is 4.99 Å². The first-order valence-electron chi connectivity index (χ1n) is 14.3. The van der Waals surface area contributed by atoms with Gasteiger partial charge in [0.25, 0.3) is 5.91 Å². The molecule has 0 saturated heterocycles. The number of benzene rings is 3. The molecule has 40 heavy (non-hydrogen) atoms. The van der Waals surface area contributed by atoms with Crippen LogP contribution in [0.4, 0.5) is 0 Å². The Morgan fingerprint density at radius 1 is 1.00 bits per heavy atom. The van der Waals surface area contributed by atoms with E-state index in [0.717, 1.165) is 34.0 Å². The number of ether oxygens (including phenoxy) is 2. The van der Waals surface area contributed by atoms with Crippen LogP contribution in [-0.2, 0) is 16.0 Å². The number of halogens is 1. The van der Waals surface area contributed by atoms with E-state index >= 15 is 0 Å². The van der Waals surface area contributed by atoms with Gasteiger partial charge < -0.3 is 19.9 Å². The van der Waals surface area contributed by atoms with Crippen LogP contribution >= 0.6 is 15.9 Å². The van der Waals surface area contributed by atoms with E-state index in [4.69, 9.17) is 19.6 Å². The summed E-state index contributed by atoms with van der Waals surface area (Å²) < 4.78 is 13.2. The summed E-state index contributed by atoms with van der Waals surface area (Å²) in [6, 6.07) is 25.5. The van der Waals surface area contributed by atoms with Crippen molar-refractivity contribution in [3.8, 4) is 5.75 Å². The zero-order chi connectivity index (χ0) is 27.8. The van der Waals surface area contributed by atoms with Gasteiger partial charge in [-0.3, -0.25) is 4.79 Å². The first kappa shape index (κ1) is 28.4. The minimum absolute atomic E-state index is 0.0888. The van der Waals surface area contributed by atoms with E-state index in [1.807, 2.05) is 78.9 Å². The lowest BCUT2D eigenvalue weighted by molar-refractivity contribution is -0.129. The molecular weight excluding hydrogens is 568 g/mol. The minimum Gasteiger partial charge on any atom is -0.494 e. The van der Waals surface area contributed by atoms with Crippen molar-refractivity contribution in [3.63, 3.8) is 0 Å². The Morgan fingerprint density at radius 3 is 2.45 bits per heavy atom. The molecule has 1 aliphatic heterocycles. The number of hydrogen-bond acceptors (Lipinski definition) is 5. The zero-order valence-electron chi connectivity index (χ0n) is 22.7. The standard InChI is InChI=1S/C33H37BrN2O4/c34-29-15-8-7-14-28(29)30-33(22-24-10-3-1-4-11-24,32(38)35-23-25-12-5-2-6-13-25)36-31(40-30)26-16-18-27(19-17-26)39-21-9-20-37/h1,3-4,7-8,10-11,14-19,25,30,37H,2,5-6,9,12-13,20-23H2,(H,35,38)/t30-,33-/m1/s1. The lowest BCUT2D eigenvalue weighted by Gasteiger charge is -2.32. The van der Waals surface area contributed by atoms with Crippen molar-refractivity contribution in [1.82, 2.24) is 5.32 Å². The van der Waals surface area contributed by atoms with Gasteiger partial charge in [0.1, 0.15) is 5.75 Å². The number of aliphatic imine (C=N–C) groups is 1. The molecule has 7 heteroatoms. The third kappa shape index (κ3) is 6.58. The Hall–Kier alpha value is -3.16. The molecule has 210 valence electrons. The van der Waals surface area contributed by atoms with Crippen LogP contribution in [-0.4, -0.2) is 42.2 Å². The number of nitrogens with zero attached hydrogens (tertiary/aromatic N) is 1. The molecule has 0 unspecified atom stereocenters. The van der Waals surface area contributed by atoms with Crippen molar-refractivity contribution in [2.45, 2.75) is 56.6 Å². The first-order chi connectivity index (χ1) is 19.6. The molecule has 0 spiro atoms. The molecule has 1 aliphatic carbocycles. The van der Waals surface area contributed by atoms with Gasteiger partial charge in [-0.1, -0.05) is 83.7 Å². The Kier molecular flexibility index (Phi) is 9.55. The quantitative estimate of drug-likeness (QED) is 0.248. The fourth-order valence-corrected chi connectivity index (χ4v) is 6.13. The summed E-state index contributed by atoms with van der Waals surface area (Å²) in [5.41, 5.74) is 1.50. The maximum Gasteiger partial charge on any atom is 0.252 e. The highest BCUT2D eigenvalue weighted by molar-refractivity contribution is 9.10. The largest absolute Gasteiger partial charge is 0.494 e. The maximum absolute atomic E-state index is 14.3. The Morgan fingerprint density at radius 2 is 1.73 bits per heavy atom. The molecule has 0 bridgehead atoms. The second-order valence-corrected chi connectivity index (χ2v) is 11.5. The van der Waals surface area contributed by atoms with Crippen LogP contribution in [0.3, 0.4) is 0 Å². The molecule has 1 saturated carbocycles. The molecular formula is C33H37BrN2O4. The van der Waals surface area contributed by atoms with Gasteiger partial charge in [0.15, 0.2) is 11.6 Å². The number of aliphatic hydroxyl groups excluding tert-OH is 1. The molecule has 6 nitrogen and oxygen atoms in total. The van der Waals surface area contributed by atoms with Gasteiger partial charge in [0.05, 0.1) is 6.61 Å². The van der Waals surface area contributed by atoms with Crippen LogP contribution in [0.25, 0.3) is 0 Å². The Balaban J connectivity index is 1.52. The smallest absolute Gasteiger partial charge is 0.252 e. The van der Waals surface area contributed by atoms with Gasteiger partial charge in [0.2, 0.25) is 5.90 Å². The summed E-state index contributed by atoms with van der Waals surface area (Å²) in [5.74, 6) is 1.53. The van der Waals surface area contributed by atoms with Crippen molar-refractivity contribution in [3.05, 3.63) is 100 Å². The fourth-order valence-electron chi connectivity index (χ4n) is 5.64. The van der Waals surface area contributed by atoms with Gasteiger partial charge in [-0.2, -0.15) is 0 Å². The average Bonchev–Trinajstić information content (AvgIpc) is 3.37. The molecule has 0 aromatic heterocycles. The Bertz CT molecular complexity index is 1290. The maximum atomic E-state index is 14.3. The highest BCUT2D eigenvalue weighted by Gasteiger charge is 2.53. The van der Waals surface area contributed by atoms with Crippen LogP contribution in [0.15, 0.2) is 88.3 Å². The van der Waals surface area contributed by atoms with Crippen LogP contribution in [0.5, 0.6) is 5.75 Å². The van der Waals surface area contributed by atoms with Gasteiger partial charge >= 0.3 is 0 Å². The SMILES string of the molecule is O=C(NCC1CCCCC1)[C@]1(Cc2ccccc2)N=C(c2ccc(OCCCO)cc2)O[C@@H]1c1ccccc1Br. The molecule has 1 amide bonds. The normalized spacial score (nSPS) is 20.9. The van der Waals surface area contributed by atoms with Crippen LogP contribution in [0.1, 0.15) is 61.3 Å². The predicted molar refractivity (Wildman–Crippen MR) is 161 cm³/mol. The summed E-state index contributed by atoms with van der Waals surface area (Å²) in [6.07, 6.45) is 6.38. The molecule has 2 aliphatic rings. The number of carbonyl (C=O) groups excluding carboxylic acids is 1. The number of rotatable bonds is 11. The van der Waals surface area contributed by atoms with E-state index in [1.54, 1.807) is 0 Å². The van der Waals surface area contributed by atoms with E-state index < -0.39 is 11.6 Å². The topological polar surface area (TPSA) is 80.2 Å². The first-order valence-corrected chi connectivity index (χ1v) is 15.1. The highest BCUT2D eigenvalue weighted by atomic mass is 79.9. The van der Waals surface area contributed by atoms with E-state index in [1.165, 1.54) is 19.3 Å². The average molecular weight is 606 g/mol. The lowest BCUT2D eigenvalue weighted by atomic mass is 9.81. The Labute approximate surface area is 245 Å². The number of nitrogens with one attached hydrogen (secondary N) is 1. The summed E-state index contributed by atoms with van der Waals surface area (Å²) >= 11 is 3.71. The number of hydrogen-bond donors (Lipinski definition) is 2. The predicted octanol–water partition coefficient (Wildman–Crippen LogP) is 6.41. The fraction of sp³-hybridized carbons (Fsp3) is 0.394. The van der Waals surface area contributed by atoms with Crippen LogP contribution in [0, 0.1) is 5.92 Å². The third-order valence-corrected chi connectivity index (χ3v) is 8.53. The van der Waals surface area contributed by atoms with E-state index in [2.05, 4.69) is 21.2 Å². The second kappa shape index (κ2) is 13.5. The zero-order valence-corrected chi connectivity index (χ0v) is 24.3. The van der Waals surface area contributed by atoms with Crippen LogP contribution < -0.4 is 10.1 Å². The van der Waals surface area contributed by atoms with Gasteiger partial charge in [-0.15, -0.1) is 0 Å². The van der Waals surface area contributed by atoms with Crippen molar-refractivity contribution >= 4 is 27.7 Å². The van der Waals surface area contributed by atoms with E-state index in [-0.39, 0.29) is 12.5 Å². The van der Waals surface area contributed by atoms with E-state index in [9.17, 15) is 4.79 Å². The number of amides is 1. The number of aliphatic hydroxyl groups is 1. The van der Waals surface area contributed by atoms with Gasteiger partial charge in [0, 0.05) is 41.6 Å². The molecule has 2 atom stereocenters. The lowest BCUT2D eigenvalue weighted by Crippen LogP contribution is -2.51. The second-order valence-electron chi connectivity index (χ2n) is 10.7. The number of carbonyl (C=O) groups is 1. The summed E-state index contributed by atoms with van der Waals surface area (Å²) in [5, 5.41) is 12.3. The van der Waals surface area contributed by atoms with Crippen LogP contribution in [0.2, 0.25) is 0 Å². The molecule has 2 N–H and O–H groups in total. The van der Waals surface area contributed by atoms with Crippen molar-refractivity contribution in [2.75, 3.05) is 19.8 Å². The molecule has 0 radical (unpaired) electrons. The molecule has 1 heterocycles. The third-order valence-electron chi connectivity index (χ3n) is 7.81. The molecule has 1 fully saturated rings. The van der Waals surface area contributed by atoms with Crippen molar-refractivity contribution in [1.29, 1.82) is 0 Å². The molecule has 3 aromatic carbocycles. The van der Waals surface area contributed by atoms with Crippen molar-refractivity contribution in [2.24, 2.45) is 10.9 Å². The highest BCUT2D eigenvalue weighted by Crippen LogP contribution is 2.44. The molecule has 5 rings (SSSR count). The van der Waals surface area contributed by atoms with Crippen molar-refractivity contribution < 1.29 is 19.4 Å². The van der Waals surface area contributed by atoms with E-state index in [0.29, 0.717) is 43.6 Å².